The van der Waals surface area contributed by atoms with Crippen molar-refractivity contribution in [3.05, 3.63) is 0 Å². The average Bonchev–Trinajstić information content (AvgIpc) is 2.96. The van der Waals surface area contributed by atoms with Gasteiger partial charge in [0.25, 0.3) is 0 Å². The minimum atomic E-state index is -1.59. The Hall–Kier alpha value is -4.56. The van der Waals surface area contributed by atoms with Gasteiger partial charge in [-0.2, -0.15) is 5.48 Å². The van der Waals surface area contributed by atoms with Crippen molar-refractivity contribution < 1.29 is 57.8 Å². The summed E-state index contributed by atoms with van der Waals surface area (Å²) in [5.41, 5.74) is 5.16. The van der Waals surface area contributed by atoms with E-state index in [2.05, 4.69) is 31.9 Å². The summed E-state index contributed by atoms with van der Waals surface area (Å²) < 4.78 is 10.2. The monoisotopic (exact) mass is 676 g/mol. The maximum absolute atomic E-state index is 12.1. The first-order chi connectivity index (χ1) is 21.7. The third-order valence-electron chi connectivity index (χ3n) is 5.34. The van der Waals surface area contributed by atoms with Crippen LogP contribution in [-0.2, 0) is 47.9 Å². The van der Waals surface area contributed by atoms with Crippen LogP contribution in [-0.4, -0.2) is 122 Å². The van der Waals surface area contributed by atoms with E-state index in [0.717, 1.165) is 0 Å². The van der Waals surface area contributed by atoms with E-state index < -0.39 is 97.5 Å². The Morgan fingerprint density at radius 3 is 1.68 bits per heavy atom. The van der Waals surface area contributed by atoms with E-state index in [4.69, 9.17) is 20.0 Å². The number of amides is 7. The molecule has 0 fully saturated rings. The summed E-state index contributed by atoms with van der Waals surface area (Å²) in [6.45, 7) is 6.42. The zero-order valence-electron chi connectivity index (χ0n) is 27.5. The molecule has 268 valence electrons. The summed E-state index contributed by atoms with van der Waals surface area (Å²) >= 11 is 0. The number of hydrogen-bond donors (Lipinski definition) is 9. The van der Waals surface area contributed by atoms with Crippen LogP contribution in [0.4, 0.5) is 4.79 Å². The second-order valence-electron chi connectivity index (χ2n) is 11.6. The Bertz CT molecular complexity index is 1110. The smallest absolute Gasteiger partial charge is 0.432 e. The predicted octanol–water partition coefficient (Wildman–Crippen LogP) is -4.05. The second-order valence-corrected chi connectivity index (χ2v) is 11.6. The molecule has 0 aliphatic rings. The van der Waals surface area contributed by atoms with Crippen LogP contribution < -0.4 is 43.1 Å². The maximum Gasteiger partial charge on any atom is 0.432 e. The van der Waals surface area contributed by atoms with Crippen LogP contribution >= 0.6 is 0 Å². The van der Waals surface area contributed by atoms with Gasteiger partial charge < -0.3 is 52.2 Å². The molecule has 20 nitrogen and oxygen atoms in total. The van der Waals surface area contributed by atoms with E-state index in [1.54, 1.807) is 27.7 Å². The van der Waals surface area contributed by atoms with Crippen LogP contribution in [0.2, 0.25) is 0 Å². The number of hydrogen-bond acceptors (Lipinski definition) is 13. The number of carbonyl (C=O) groups is 8. The Morgan fingerprint density at radius 2 is 1.21 bits per heavy atom. The standard InChI is InChI=1S/C27H48N8O12/c1-16(28)7-8-18(37)34-17(15-36)23(42)33-14-22(41)32-13-21(40)31-12-20(39)30-11-19(38)29-9-10-45-35-25(44)47-27(5,6)24(43)46-26(2,3)4/h16-17,36H,7-15,28H2,1-6H3,(H,29,38)(H,30,39)(H,31,40)(H,32,41)(H,33,42)(H,34,37)(H,35,44)/t16-,17-/m0/s1. The molecule has 20 heteroatoms. The predicted molar refractivity (Wildman–Crippen MR) is 162 cm³/mol. The lowest BCUT2D eigenvalue weighted by Gasteiger charge is -2.28. The summed E-state index contributed by atoms with van der Waals surface area (Å²) in [6.07, 6.45) is -0.628. The molecule has 0 spiro atoms. The van der Waals surface area contributed by atoms with Crippen LogP contribution in [0, 0.1) is 0 Å². The largest absolute Gasteiger partial charge is 0.457 e. The Balaban J connectivity index is 4.12. The first-order valence-electron chi connectivity index (χ1n) is 14.6. The topological polar surface area (TPSA) is 295 Å². The quantitative estimate of drug-likeness (QED) is 0.0337. The number of ether oxygens (including phenoxy) is 2. The number of carbonyl (C=O) groups excluding carboxylic acids is 8. The van der Waals surface area contributed by atoms with Crippen molar-refractivity contribution in [2.45, 2.75) is 77.7 Å². The summed E-state index contributed by atoms with van der Waals surface area (Å²) in [5.74, 6) is -4.88. The van der Waals surface area contributed by atoms with E-state index >= 15 is 0 Å². The van der Waals surface area contributed by atoms with Crippen LogP contribution in [0.5, 0.6) is 0 Å². The second kappa shape index (κ2) is 21.3. The highest BCUT2D eigenvalue weighted by Crippen LogP contribution is 2.17. The summed E-state index contributed by atoms with van der Waals surface area (Å²) in [5, 5.41) is 23.0. The van der Waals surface area contributed by atoms with Crippen molar-refractivity contribution in [3.8, 4) is 0 Å². The van der Waals surface area contributed by atoms with Gasteiger partial charge in [-0.1, -0.05) is 0 Å². The van der Waals surface area contributed by atoms with E-state index in [0.29, 0.717) is 6.42 Å². The van der Waals surface area contributed by atoms with Gasteiger partial charge in [-0.15, -0.1) is 0 Å². The zero-order valence-corrected chi connectivity index (χ0v) is 27.5. The SMILES string of the molecule is C[C@H](N)CCC(=O)N[C@@H](CO)C(=O)NCC(=O)NCC(=O)NCC(=O)NCC(=O)NCCONC(=O)OC(C)(C)C(=O)OC(C)(C)C. The first-order valence-corrected chi connectivity index (χ1v) is 14.6. The van der Waals surface area contributed by atoms with E-state index in [1.165, 1.54) is 13.8 Å². The maximum atomic E-state index is 12.1. The molecule has 7 amide bonds. The highest BCUT2D eigenvalue weighted by atomic mass is 16.7. The molecule has 0 aromatic heterocycles. The highest BCUT2D eigenvalue weighted by Gasteiger charge is 2.36. The molecule has 0 rings (SSSR count). The molecule has 0 radical (unpaired) electrons. The molecule has 0 bridgehead atoms. The van der Waals surface area contributed by atoms with Crippen molar-refractivity contribution in [2.24, 2.45) is 5.73 Å². The molecule has 2 atom stereocenters. The van der Waals surface area contributed by atoms with E-state index in [9.17, 15) is 43.5 Å². The van der Waals surface area contributed by atoms with Gasteiger partial charge in [-0.05, 0) is 48.0 Å². The number of aliphatic hydroxyl groups excluding tert-OH is 1. The Kier molecular flexibility index (Phi) is 19.2. The normalized spacial score (nSPS) is 12.3. The first kappa shape index (κ1) is 42.4. The van der Waals surface area contributed by atoms with E-state index in [-0.39, 0.29) is 25.6 Å². The fourth-order valence-corrected chi connectivity index (χ4v) is 2.94. The van der Waals surface area contributed by atoms with Crippen LogP contribution in [0.15, 0.2) is 0 Å². The van der Waals surface area contributed by atoms with E-state index in [1.807, 2.05) is 5.48 Å². The lowest BCUT2D eigenvalue weighted by atomic mass is 10.1. The molecule has 0 aromatic rings. The third kappa shape index (κ3) is 21.7. The molecule has 0 saturated heterocycles. The van der Waals surface area contributed by atoms with Crippen LogP contribution in [0.1, 0.15) is 54.4 Å². The van der Waals surface area contributed by atoms with Crippen molar-refractivity contribution in [3.63, 3.8) is 0 Å². The van der Waals surface area contributed by atoms with Gasteiger partial charge in [0, 0.05) is 19.0 Å². The molecule has 0 aromatic carbocycles. The molecule has 0 unspecified atom stereocenters. The molecule has 0 heterocycles. The Labute approximate surface area is 272 Å². The minimum absolute atomic E-state index is 0.0526. The van der Waals surface area contributed by atoms with Crippen LogP contribution in [0.3, 0.4) is 0 Å². The van der Waals surface area contributed by atoms with Crippen molar-refractivity contribution in [2.75, 3.05) is 45.9 Å². The number of nitrogens with one attached hydrogen (secondary N) is 7. The van der Waals surface area contributed by atoms with Crippen molar-refractivity contribution in [1.82, 2.24) is 37.4 Å². The minimum Gasteiger partial charge on any atom is -0.457 e. The number of rotatable bonds is 20. The molecular formula is C27H48N8O12. The van der Waals surface area contributed by atoms with Gasteiger partial charge in [0.05, 0.1) is 39.4 Å². The summed E-state index contributed by atoms with van der Waals surface area (Å²) in [7, 11) is 0. The molecule has 0 saturated carbocycles. The van der Waals surface area contributed by atoms with Gasteiger partial charge in [0.2, 0.25) is 41.0 Å². The highest BCUT2D eigenvalue weighted by molar-refractivity contribution is 5.92. The summed E-state index contributed by atoms with van der Waals surface area (Å²) in [6, 6.07) is -1.50. The molecule has 0 aliphatic heterocycles. The number of hydroxylamine groups is 1. The van der Waals surface area contributed by atoms with Crippen molar-refractivity contribution >= 4 is 47.5 Å². The number of aliphatic hydroxyl groups is 1. The van der Waals surface area contributed by atoms with Gasteiger partial charge in [-0.3, -0.25) is 33.6 Å². The number of esters is 1. The average molecular weight is 677 g/mol. The van der Waals surface area contributed by atoms with Gasteiger partial charge >= 0.3 is 12.1 Å². The van der Waals surface area contributed by atoms with Gasteiger partial charge in [-0.25, -0.2) is 9.59 Å². The van der Waals surface area contributed by atoms with Gasteiger partial charge in [0.1, 0.15) is 11.6 Å². The molecule has 10 N–H and O–H groups in total. The third-order valence-corrected chi connectivity index (χ3v) is 5.34. The number of nitrogens with two attached hydrogens (primary N) is 1. The lowest BCUT2D eigenvalue weighted by Crippen LogP contribution is -2.51. The molecule has 0 aliphatic carbocycles. The molecular weight excluding hydrogens is 628 g/mol. The Morgan fingerprint density at radius 1 is 0.723 bits per heavy atom. The van der Waals surface area contributed by atoms with Crippen LogP contribution in [0.25, 0.3) is 0 Å². The van der Waals surface area contributed by atoms with Gasteiger partial charge in [0.15, 0.2) is 0 Å². The lowest BCUT2D eigenvalue weighted by molar-refractivity contribution is -0.174. The zero-order chi connectivity index (χ0) is 36.2. The van der Waals surface area contributed by atoms with Crippen molar-refractivity contribution in [1.29, 1.82) is 0 Å². The molecule has 47 heavy (non-hydrogen) atoms. The fourth-order valence-electron chi connectivity index (χ4n) is 2.94. The summed E-state index contributed by atoms with van der Waals surface area (Å²) in [4.78, 5) is 100. The fraction of sp³-hybridized carbons (Fsp3) is 0.704.